The van der Waals surface area contributed by atoms with Crippen molar-refractivity contribution in [3.63, 3.8) is 0 Å². The zero-order valence-electron chi connectivity index (χ0n) is 8.71. The SMILES string of the molecule is CC(C)C(C)(C(=O)O)N1CCCC1. The van der Waals surface area contributed by atoms with E-state index in [1.54, 1.807) is 0 Å². The van der Waals surface area contributed by atoms with Crippen LogP contribution in [0.1, 0.15) is 33.6 Å². The molecule has 1 fully saturated rings. The van der Waals surface area contributed by atoms with Crippen LogP contribution in [0.4, 0.5) is 0 Å². The van der Waals surface area contributed by atoms with Gasteiger partial charge < -0.3 is 5.11 Å². The average molecular weight is 185 g/mol. The van der Waals surface area contributed by atoms with Crippen molar-refractivity contribution in [2.75, 3.05) is 13.1 Å². The third-order valence-corrected chi connectivity index (χ3v) is 3.32. The topological polar surface area (TPSA) is 40.5 Å². The van der Waals surface area contributed by atoms with Gasteiger partial charge in [-0.05, 0) is 38.8 Å². The Bertz CT molecular complexity index is 197. The Kier molecular flexibility index (Phi) is 2.96. The van der Waals surface area contributed by atoms with Gasteiger partial charge >= 0.3 is 5.97 Å². The molecule has 0 aromatic carbocycles. The molecule has 0 bridgehead atoms. The van der Waals surface area contributed by atoms with Gasteiger partial charge in [0.2, 0.25) is 0 Å². The molecule has 0 aromatic rings. The summed E-state index contributed by atoms with van der Waals surface area (Å²) in [5, 5.41) is 9.22. The van der Waals surface area contributed by atoms with Crippen molar-refractivity contribution in [1.29, 1.82) is 0 Å². The van der Waals surface area contributed by atoms with Gasteiger partial charge in [-0.2, -0.15) is 0 Å². The quantitative estimate of drug-likeness (QED) is 0.725. The van der Waals surface area contributed by atoms with Crippen LogP contribution in [0.3, 0.4) is 0 Å². The van der Waals surface area contributed by atoms with Crippen molar-refractivity contribution in [1.82, 2.24) is 4.90 Å². The Morgan fingerprint density at radius 3 is 2.15 bits per heavy atom. The summed E-state index contributed by atoms with van der Waals surface area (Å²) < 4.78 is 0. The molecule has 1 aliphatic heterocycles. The minimum absolute atomic E-state index is 0.156. The first-order valence-electron chi connectivity index (χ1n) is 4.98. The molecule has 1 rings (SSSR count). The van der Waals surface area contributed by atoms with E-state index in [-0.39, 0.29) is 5.92 Å². The molecule has 1 atom stereocenters. The molecule has 0 aliphatic carbocycles. The molecule has 3 nitrogen and oxygen atoms in total. The Hall–Kier alpha value is -0.570. The predicted molar refractivity (Wildman–Crippen MR) is 51.7 cm³/mol. The van der Waals surface area contributed by atoms with Crippen molar-refractivity contribution in [3.05, 3.63) is 0 Å². The molecule has 0 radical (unpaired) electrons. The summed E-state index contributed by atoms with van der Waals surface area (Å²) in [6, 6.07) is 0. The van der Waals surface area contributed by atoms with Crippen LogP contribution >= 0.6 is 0 Å². The van der Waals surface area contributed by atoms with Gasteiger partial charge in [-0.15, -0.1) is 0 Å². The number of hydrogen-bond acceptors (Lipinski definition) is 2. The van der Waals surface area contributed by atoms with E-state index in [1.165, 1.54) is 0 Å². The van der Waals surface area contributed by atoms with Crippen LogP contribution < -0.4 is 0 Å². The summed E-state index contributed by atoms with van der Waals surface area (Å²) in [5.74, 6) is -0.535. The molecule has 0 spiro atoms. The van der Waals surface area contributed by atoms with Crippen molar-refractivity contribution in [3.8, 4) is 0 Å². The monoisotopic (exact) mass is 185 g/mol. The van der Waals surface area contributed by atoms with Gasteiger partial charge in [0, 0.05) is 0 Å². The molecule has 76 valence electrons. The average Bonchev–Trinajstić information content (AvgIpc) is 2.54. The van der Waals surface area contributed by atoms with E-state index < -0.39 is 11.5 Å². The number of likely N-dealkylation sites (tertiary alicyclic amines) is 1. The lowest BCUT2D eigenvalue weighted by Gasteiger charge is -2.38. The fourth-order valence-corrected chi connectivity index (χ4v) is 1.93. The van der Waals surface area contributed by atoms with Crippen molar-refractivity contribution < 1.29 is 9.90 Å². The fourth-order valence-electron chi connectivity index (χ4n) is 1.93. The van der Waals surface area contributed by atoms with Crippen LogP contribution in [0.5, 0.6) is 0 Å². The summed E-state index contributed by atoms with van der Waals surface area (Å²) in [6.07, 6.45) is 2.27. The zero-order chi connectivity index (χ0) is 10.1. The maximum Gasteiger partial charge on any atom is 0.324 e. The Morgan fingerprint density at radius 1 is 1.38 bits per heavy atom. The van der Waals surface area contributed by atoms with E-state index in [1.807, 2.05) is 20.8 Å². The van der Waals surface area contributed by atoms with E-state index in [0.29, 0.717) is 0 Å². The fraction of sp³-hybridized carbons (Fsp3) is 0.900. The maximum absolute atomic E-state index is 11.2. The van der Waals surface area contributed by atoms with Gasteiger partial charge in [0.25, 0.3) is 0 Å². The minimum atomic E-state index is -0.690. The van der Waals surface area contributed by atoms with Crippen LogP contribution in [0, 0.1) is 5.92 Å². The van der Waals surface area contributed by atoms with Crippen LogP contribution in [-0.2, 0) is 4.79 Å². The molecule has 0 saturated carbocycles. The molecule has 1 heterocycles. The second kappa shape index (κ2) is 3.66. The van der Waals surface area contributed by atoms with Crippen LogP contribution in [0.25, 0.3) is 0 Å². The number of aliphatic carboxylic acids is 1. The van der Waals surface area contributed by atoms with E-state index in [4.69, 9.17) is 0 Å². The second-order valence-corrected chi connectivity index (χ2v) is 4.30. The number of carbonyl (C=O) groups is 1. The molecule has 13 heavy (non-hydrogen) atoms. The van der Waals surface area contributed by atoms with Gasteiger partial charge in [-0.3, -0.25) is 9.69 Å². The van der Waals surface area contributed by atoms with E-state index >= 15 is 0 Å². The first kappa shape index (κ1) is 10.5. The summed E-state index contributed by atoms with van der Waals surface area (Å²) in [7, 11) is 0. The number of nitrogens with zero attached hydrogens (tertiary/aromatic N) is 1. The Labute approximate surface area is 79.7 Å². The summed E-state index contributed by atoms with van der Waals surface area (Å²) in [5.41, 5.74) is -0.670. The Balaban J connectivity index is 2.82. The van der Waals surface area contributed by atoms with Crippen molar-refractivity contribution in [2.45, 2.75) is 39.2 Å². The summed E-state index contributed by atoms with van der Waals surface area (Å²) in [6.45, 7) is 7.66. The number of carboxylic acid groups (broad SMARTS) is 1. The second-order valence-electron chi connectivity index (χ2n) is 4.30. The summed E-state index contributed by atoms with van der Waals surface area (Å²) >= 11 is 0. The first-order chi connectivity index (χ1) is 5.99. The van der Waals surface area contributed by atoms with E-state index in [2.05, 4.69) is 4.90 Å². The summed E-state index contributed by atoms with van der Waals surface area (Å²) in [4.78, 5) is 13.3. The van der Waals surface area contributed by atoms with Gasteiger partial charge in [0.05, 0.1) is 0 Å². The lowest BCUT2D eigenvalue weighted by Crippen LogP contribution is -2.54. The van der Waals surface area contributed by atoms with Gasteiger partial charge in [-0.25, -0.2) is 0 Å². The standard InChI is InChI=1S/C10H19NO2/c1-8(2)10(3,9(12)13)11-6-4-5-7-11/h8H,4-7H2,1-3H3,(H,12,13). The molecule has 0 aromatic heterocycles. The van der Waals surface area contributed by atoms with Gasteiger partial charge in [0.15, 0.2) is 0 Å². The van der Waals surface area contributed by atoms with Gasteiger partial charge in [-0.1, -0.05) is 13.8 Å². The first-order valence-corrected chi connectivity index (χ1v) is 4.98. The molecule has 3 heteroatoms. The Morgan fingerprint density at radius 2 is 1.85 bits per heavy atom. The van der Waals surface area contributed by atoms with Crippen molar-refractivity contribution in [2.24, 2.45) is 5.92 Å². The number of rotatable bonds is 3. The lowest BCUT2D eigenvalue weighted by atomic mass is 9.87. The zero-order valence-corrected chi connectivity index (χ0v) is 8.71. The van der Waals surface area contributed by atoms with Crippen LogP contribution in [0.2, 0.25) is 0 Å². The van der Waals surface area contributed by atoms with Gasteiger partial charge in [0.1, 0.15) is 5.54 Å². The normalized spacial score (nSPS) is 23.4. The van der Waals surface area contributed by atoms with E-state index in [0.717, 1.165) is 25.9 Å². The number of carboxylic acids is 1. The van der Waals surface area contributed by atoms with Crippen molar-refractivity contribution >= 4 is 5.97 Å². The number of hydrogen-bond donors (Lipinski definition) is 1. The molecular weight excluding hydrogens is 166 g/mol. The highest BCUT2D eigenvalue weighted by molar-refractivity contribution is 5.78. The molecule has 1 aliphatic rings. The maximum atomic E-state index is 11.2. The molecule has 0 amide bonds. The lowest BCUT2D eigenvalue weighted by molar-refractivity contribution is -0.152. The largest absolute Gasteiger partial charge is 0.480 e. The third kappa shape index (κ3) is 1.70. The highest BCUT2D eigenvalue weighted by Crippen LogP contribution is 2.28. The minimum Gasteiger partial charge on any atom is -0.480 e. The molecule has 1 unspecified atom stereocenters. The highest BCUT2D eigenvalue weighted by atomic mass is 16.4. The molecule has 1 saturated heterocycles. The highest BCUT2D eigenvalue weighted by Gasteiger charge is 2.43. The predicted octanol–water partition coefficient (Wildman–Crippen LogP) is 1.58. The van der Waals surface area contributed by atoms with E-state index in [9.17, 15) is 9.90 Å². The smallest absolute Gasteiger partial charge is 0.324 e. The molecular formula is C10H19NO2. The van der Waals surface area contributed by atoms with Crippen LogP contribution in [0.15, 0.2) is 0 Å². The van der Waals surface area contributed by atoms with Crippen LogP contribution in [-0.4, -0.2) is 34.6 Å². The molecule has 1 N–H and O–H groups in total. The third-order valence-electron chi connectivity index (χ3n) is 3.32.